The summed E-state index contributed by atoms with van der Waals surface area (Å²) in [6.07, 6.45) is 1.70. The zero-order chi connectivity index (χ0) is 19.9. The van der Waals surface area contributed by atoms with Crippen LogP contribution in [0, 0.1) is 0 Å². The van der Waals surface area contributed by atoms with Gasteiger partial charge in [-0.05, 0) is 23.8 Å². The third kappa shape index (κ3) is 7.51. The third-order valence-electron chi connectivity index (χ3n) is 3.21. The van der Waals surface area contributed by atoms with Crippen LogP contribution in [0.25, 0.3) is 6.08 Å². The van der Waals surface area contributed by atoms with Gasteiger partial charge < -0.3 is 15.4 Å². The van der Waals surface area contributed by atoms with Gasteiger partial charge in [0.05, 0.1) is 0 Å². The summed E-state index contributed by atoms with van der Waals surface area (Å²) in [4.78, 5) is 23.3. The van der Waals surface area contributed by atoms with E-state index in [2.05, 4.69) is 10.6 Å². The van der Waals surface area contributed by atoms with Crippen molar-refractivity contribution in [2.24, 2.45) is 0 Å². The standard InChI is InChI=1S/C19H17Cl3N2O3/c1-13(25)23-15-8-5-9-16(12-15)27-18(19(20,21)22)24-17(26)11-10-14-6-3-2-4-7-14/h2-12,18H,1H3,(H,23,25)(H,24,26)/b11-10-/t18-/m0/s1. The second-order valence-corrected chi connectivity index (χ2v) is 7.87. The van der Waals surface area contributed by atoms with E-state index in [0.717, 1.165) is 5.56 Å². The van der Waals surface area contributed by atoms with Crippen LogP contribution in [0.4, 0.5) is 5.69 Å². The summed E-state index contributed by atoms with van der Waals surface area (Å²) in [6.45, 7) is 1.39. The molecule has 142 valence electrons. The van der Waals surface area contributed by atoms with Crippen LogP contribution in [0.1, 0.15) is 12.5 Å². The molecule has 2 rings (SSSR count). The Morgan fingerprint density at radius 1 is 1.07 bits per heavy atom. The predicted molar refractivity (Wildman–Crippen MR) is 109 cm³/mol. The van der Waals surface area contributed by atoms with E-state index in [1.807, 2.05) is 30.3 Å². The molecule has 0 aromatic heterocycles. The van der Waals surface area contributed by atoms with E-state index in [1.54, 1.807) is 30.3 Å². The van der Waals surface area contributed by atoms with Crippen LogP contribution in [0.15, 0.2) is 60.7 Å². The molecular weight excluding hydrogens is 411 g/mol. The average Bonchev–Trinajstić information content (AvgIpc) is 2.59. The van der Waals surface area contributed by atoms with Gasteiger partial charge in [0, 0.05) is 24.8 Å². The predicted octanol–water partition coefficient (Wildman–Crippen LogP) is 4.55. The lowest BCUT2D eigenvalue weighted by Gasteiger charge is -2.26. The van der Waals surface area contributed by atoms with Gasteiger partial charge in [-0.2, -0.15) is 0 Å². The minimum Gasteiger partial charge on any atom is -0.466 e. The number of carbonyl (C=O) groups excluding carboxylic acids is 2. The number of alkyl halides is 3. The lowest BCUT2D eigenvalue weighted by molar-refractivity contribution is -0.118. The van der Waals surface area contributed by atoms with Crippen molar-refractivity contribution in [3.63, 3.8) is 0 Å². The number of halogens is 3. The summed E-state index contributed by atoms with van der Waals surface area (Å²) in [5, 5.41) is 5.12. The molecule has 0 aliphatic rings. The maximum atomic E-state index is 12.2. The zero-order valence-electron chi connectivity index (χ0n) is 14.3. The van der Waals surface area contributed by atoms with Gasteiger partial charge in [-0.1, -0.05) is 71.2 Å². The van der Waals surface area contributed by atoms with Crippen LogP contribution >= 0.6 is 34.8 Å². The molecule has 0 saturated carbocycles. The summed E-state index contributed by atoms with van der Waals surface area (Å²) in [5.74, 6) is -0.414. The third-order valence-corrected chi connectivity index (χ3v) is 3.80. The molecular formula is C19H17Cl3N2O3. The second kappa shape index (κ2) is 9.65. The molecule has 5 nitrogen and oxygen atoms in total. The zero-order valence-corrected chi connectivity index (χ0v) is 16.6. The number of anilines is 1. The molecule has 0 aliphatic heterocycles. The molecule has 0 bridgehead atoms. The molecule has 0 aliphatic carbocycles. The number of benzene rings is 2. The fourth-order valence-corrected chi connectivity index (χ4v) is 2.38. The first kappa shape index (κ1) is 21.1. The quantitative estimate of drug-likeness (QED) is 0.404. The van der Waals surface area contributed by atoms with Gasteiger partial charge >= 0.3 is 0 Å². The first-order valence-corrected chi connectivity index (χ1v) is 9.02. The fourth-order valence-electron chi connectivity index (χ4n) is 2.08. The Balaban J connectivity index is 2.08. The molecule has 8 heteroatoms. The molecule has 0 saturated heterocycles. The number of hydrogen-bond donors (Lipinski definition) is 2. The van der Waals surface area contributed by atoms with Gasteiger partial charge in [-0.15, -0.1) is 0 Å². The van der Waals surface area contributed by atoms with Crippen LogP contribution in [-0.2, 0) is 9.59 Å². The van der Waals surface area contributed by atoms with Gasteiger partial charge in [0.25, 0.3) is 0 Å². The van der Waals surface area contributed by atoms with Crippen molar-refractivity contribution < 1.29 is 14.3 Å². The highest BCUT2D eigenvalue weighted by Gasteiger charge is 2.36. The molecule has 0 spiro atoms. The maximum Gasteiger partial charge on any atom is 0.246 e. The molecule has 0 radical (unpaired) electrons. The highest BCUT2D eigenvalue weighted by Crippen LogP contribution is 2.32. The summed E-state index contributed by atoms with van der Waals surface area (Å²) in [6, 6.07) is 15.8. The largest absolute Gasteiger partial charge is 0.466 e. The first-order valence-electron chi connectivity index (χ1n) is 7.89. The summed E-state index contributed by atoms with van der Waals surface area (Å²) in [7, 11) is 0. The maximum absolute atomic E-state index is 12.2. The van der Waals surface area contributed by atoms with E-state index in [0.29, 0.717) is 11.4 Å². The SMILES string of the molecule is CC(=O)Nc1cccc(O[C@H](NC(=O)/C=C\c2ccccc2)C(Cl)(Cl)Cl)c1. The van der Waals surface area contributed by atoms with Crippen molar-refractivity contribution in [2.45, 2.75) is 16.9 Å². The summed E-state index contributed by atoms with van der Waals surface area (Å²) < 4.78 is 3.69. The Morgan fingerprint density at radius 3 is 2.41 bits per heavy atom. The van der Waals surface area contributed by atoms with E-state index in [4.69, 9.17) is 39.5 Å². The van der Waals surface area contributed by atoms with Crippen LogP contribution < -0.4 is 15.4 Å². The van der Waals surface area contributed by atoms with Crippen molar-refractivity contribution >= 4 is 58.4 Å². The number of carbonyl (C=O) groups is 2. The van der Waals surface area contributed by atoms with Crippen LogP contribution in [0.2, 0.25) is 0 Å². The molecule has 27 heavy (non-hydrogen) atoms. The minimum atomic E-state index is -1.92. The lowest BCUT2D eigenvalue weighted by atomic mass is 10.2. The van der Waals surface area contributed by atoms with E-state index in [-0.39, 0.29) is 5.91 Å². The average molecular weight is 428 g/mol. The van der Waals surface area contributed by atoms with Crippen molar-refractivity contribution in [1.82, 2.24) is 5.32 Å². The van der Waals surface area contributed by atoms with Gasteiger partial charge in [0.1, 0.15) is 5.75 Å². The number of hydrogen-bond acceptors (Lipinski definition) is 3. The van der Waals surface area contributed by atoms with Crippen molar-refractivity contribution in [3.05, 3.63) is 66.2 Å². The van der Waals surface area contributed by atoms with E-state index in [9.17, 15) is 9.59 Å². The van der Waals surface area contributed by atoms with Gasteiger partial charge in [0.15, 0.2) is 0 Å². The fraction of sp³-hybridized carbons (Fsp3) is 0.158. The van der Waals surface area contributed by atoms with Crippen LogP contribution in [-0.4, -0.2) is 21.8 Å². The lowest BCUT2D eigenvalue weighted by Crippen LogP contribution is -2.47. The summed E-state index contributed by atoms with van der Waals surface area (Å²) >= 11 is 17.8. The van der Waals surface area contributed by atoms with Crippen LogP contribution in [0.5, 0.6) is 5.75 Å². The molecule has 1 atom stereocenters. The number of rotatable bonds is 6. The molecule has 0 fully saturated rings. The molecule has 2 amide bonds. The van der Waals surface area contributed by atoms with E-state index < -0.39 is 15.9 Å². The Hall–Kier alpha value is -2.21. The Morgan fingerprint density at radius 2 is 1.78 bits per heavy atom. The molecule has 0 unspecified atom stereocenters. The van der Waals surface area contributed by atoms with Gasteiger partial charge in [-0.3, -0.25) is 9.59 Å². The highest BCUT2D eigenvalue weighted by molar-refractivity contribution is 6.68. The Labute approximate surface area is 172 Å². The van der Waals surface area contributed by atoms with Crippen molar-refractivity contribution in [2.75, 3.05) is 5.32 Å². The molecule has 2 N–H and O–H groups in total. The van der Waals surface area contributed by atoms with Gasteiger partial charge in [-0.25, -0.2) is 0 Å². The molecule has 2 aromatic carbocycles. The normalized spacial score (nSPS) is 12.4. The van der Waals surface area contributed by atoms with Gasteiger partial charge in [0.2, 0.25) is 21.8 Å². The first-order chi connectivity index (χ1) is 12.7. The molecule has 2 aromatic rings. The van der Waals surface area contributed by atoms with E-state index >= 15 is 0 Å². The second-order valence-electron chi connectivity index (χ2n) is 5.50. The Bertz CT molecular complexity index is 820. The number of amides is 2. The topological polar surface area (TPSA) is 67.4 Å². The monoisotopic (exact) mass is 426 g/mol. The van der Waals surface area contributed by atoms with Crippen molar-refractivity contribution in [1.29, 1.82) is 0 Å². The minimum absolute atomic E-state index is 0.232. The van der Waals surface area contributed by atoms with E-state index in [1.165, 1.54) is 13.0 Å². The van der Waals surface area contributed by atoms with Crippen LogP contribution in [0.3, 0.4) is 0 Å². The van der Waals surface area contributed by atoms with Crippen molar-refractivity contribution in [3.8, 4) is 5.75 Å². The summed E-state index contributed by atoms with van der Waals surface area (Å²) in [5.41, 5.74) is 1.36. The smallest absolute Gasteiger partial charge is 0.246 e. The number of nitrogens with one attached hydrogen (secondary N) is 2. The Kier molecular flexibility index (Phi) is 7.54. The highest BCUT2D eigenvalue weighted by atomic mass is 35.6. The number of ether oxygens (including phenoxy) is 1. The molecule has 0 heterocycles.